The van der Waals surface area contributed by atoms with Gasteiger partial charge in [-0.05, 0) is 29.8 Å². The average molecular weight is 371 g/mol. The highest BCUT2D eigenvalue weighted by Gasteiger charge is 2.12. The fraction of sp³-hybridized carbons (Fsp3) is 0.105. The Hall–Kier alpha value is -3.12. The molecule has 0 radical (unpaired) electrons. The normalized spacial score (nSPS) is 10.3. The van der Waals surface area contributed by atoms with Gasteiger partial charge in [0.05, 0.1) is 12.2 Å². The topological polar surface area (TPSA) is 81.4 Å². The molecule has 3 aromatic rings. The molecule has 0 saturated carbocycles. The highest BCUT2D eigenvalue weighted by atomic mass is 35.5. The quantitative estimate of drug-likeness (QED) is 0.720. The monoisotopic (exact) mass is 370 g/mol. The molecule has 0 bridgehead atoms. The standard InChI is InChI=1S/C19H15ClN2O4/c20-14-6-4-13(5-7-14)11-25-18-12-26-17(9-16(18)23)19(24)22-10-15-3-1-2-8-21-15/h1-9,12H,10-11H2,(H,22,24). The van der Waals surface area contributed by atoms with Crippen molar-refractivity contribution in [3.63, 3.8) is 0 Å². The molecule has 3 rings (SSSR count). The molecule has 1 aromatic carbocycles. The van der Waals surface area contributed by atoms with E-state index in [1.54, 1.807) is 42.6 Å². The molecule has 132 valence electrons. The Labute approximate surface area is 154 Å². The second-order valence-electron chi connectivity index (χ2n) is 5.39. The zero-order valence-electron chi connectivity index (χ0n) is 13.6. The van der Waals surface area contributed by atoms with Crippen molar-refractivity contribution in [2.75, 3.05) is 0 Å². The fourth-order valence-electron chi connectivity index (χ4n) is 2.13. The van der Waals surface area contributed by atoms with E-state index in [1.165, 1.54) is 0 Å². The van der Waals surface area contributed by atoms with Gasteiger partial charge in [0.1, 0.15) is 12.9 Å². The molecule has 0 aliphatic heterocycles. The molecule has 6 nitrogen and oxygen atoms in total. The average Bonchev–Trinajstić information content (AvgIpc) is 2.67. The lowest BCUT2D eigenvalue weighted by atomic mass is 10.2. The lowest BCUT2D eigenvalue weighted by Crippen LogP contribution is -2.24. The number of halogens is 1. The van der Waals surface area contributed by atoms with Crippen LogP contribution in [0.1, 0.15) is 21.8 Å². The largest absolute Gasteiger partial charge is 0.482 e. The van der Waals surface area contributed by atoms with Crippen molar-refractivity contribution in [2.24, 2.45) is 0 Å². The summed E-state index contributed by atoms with van der Waals surface area (Å²) in [5.74, 6) is -0.567. The van der Waals surface area contributed by atoms with Gasteiger partial charge in [-0.25, -0.2) is 0 Å². The Balaban J connectivity index is 1.60. The first-order valence-corrected chi connectivity index (χ1v) is 8.18. The van der Waals surface area contributed by atoms with Crippen LogP contribution in [0.15, 0.2) is 70.2 Å². The van der Waals surface area contributed by atoms with Crippen LogP contribution in [0.3, 0.4) is 0 Å². The number of carbonyl (C=O) groups excluding carboxylic acids is 1. The van der Waals surface area contributed by atoms with Gasteiger partial charge in [0.25, 0.3) is 5.91 Å². The smallest absolute Gasteiger partial charge is 0.287 e. The minimum atomic E-state index is -0.503. The van der Waals surface area contributed by atoms with E-state index < -0.39 is 11.3 Å². The van der Waals surface area contributed by atoms with Gasteiger partial charge in [-0.3, -0.25) is 14.6 Å². The zero-order chi connectivity index (χ0) is 18.4. The molecule has 0 saturated heterocycles. The molecule has 1 amide bonds. The third-order valence-corrected chi connectivity index (χ3v) is 3.74. The molecule has 2 aromatic heterocycles. The number of hydrogen-bond acceptors (Lipinski definition) is 5. The molecule has 2 heterocycles. The number of hydrogen-bond donors (Lipinski definition) is 1. The van der Waals surface area contributed by atoms with Crippen LogP contribution >= 0.6 is 11.6 Å². The molecule has 1 N–H and O–H groups in total. The third-order valence-electron chi connectivity index (χ3n) is 3.49. The number of nitrogens with one attached hydrogen (secondary N) is 1. The Bertz CT molecular complexity index is 940. The first kappa shape index (κ1) is 17.7. The van der Waals surface area contributed by atoms with Crippen molar-refractivity contribution in [3.8, 4) is 5.75 Å². The summed E-state index contributed by atoms with van der Waals surface area (Å²) in [6, 6.07) is 13.5. The Morgan fingerprint density at radius 3 is 2.69 bits per heavy atom. The SMILES string of the molecule is O=C(NCc1ccccn1)c1cc(=O)c(OCc2ccc(Cl)cc2)co1. The van der Waals surface area contributed by atoms with E-state index in [1.807, 2.05) is 6.07 Å². The first-order chi connectivity index (χ1) is 12.6. The summed E-state index contributed by atoms with van der Waals surface area (Å²) in [5.41, 5.74) is 1.12. The van der Waals surface area contributed by atoms with Crippen molar-refractivity contribution < 1.29 is 13.9 Å². The summed E-state index contributed by atoms with van der Waals surface area (Å²) in [7, 11) is 0. The van der Waals surface area contributed by atoms with Crippen molar-refractivity contribution in [1.29, 1.82) is 0 Å². The number of benzene rings is 1. The van der Waals surface area contributed by atoms with Crippen molar-refractivity contribution in [3.05, 3.63) is 93.3 Å². The summed E-state index contributed by atoms with van der Waals surface area (Å²) in [6.45, 7) is 0.422. The first-order valence-electron chi connectivity index (χ1n) is 7.80. The van der Waals surface area contributed by atoms with Gasteiger partial charge in [0.15, 0.2) is 5.76 Å². The van der Waals surface area contributed by atoms with E-state index in [2.05, 4.69) is 10.3 Å². The minimum absolute atomic E-state index is 0.0289. The Morgan fingerprint density at radius 2 is 2.00 bits per heavy atom. The maximum atomic E-state index is 12.1. The van der Waals surface area contributed by atoms with Gasteiger partial charge >= 0.3 is 0 Å². The molecule has 0 atom stereocenters. The van der Waals surface area contributed by atoms with Crippen LogP contribution in [0, 0.1) is 0 Å². The number of rotatable bonds is 6. The van der Waals surface area contributed by atoms with Crippen LogP contribution in [0.5, 0.6) is 5.75 Å². The van der Waals surface area contributed by atoms with Crippen LogP contribution in [0.4, 0.5) is 0 Å². The summed E-state index contributed by atoms with van der Waals surface area (Å²) in [4.78, 5) is 28.3. The van der Waals surface area contributed by atoms with E-state index in [-0.39, 0.29) is 24.7 Å². The number of pyridine rings is 1. The summed E-state index contributed by atoms with van der Waals surface area (Å²) < 4.78 is 10.7. The van der Waals surface area contributed by atoms with Crippen LogP contribution in [-0.4, -0.2) is 10.9 Å². The molecular formula is C19H15ClN2O4. The van der Waals surface area contributed by atoms with E-state index >= 15 is 0 Å². The number of aromatic nitrogens is 1. The van der Waals surface area contributed by atoms with E-state index in [0.717, 1.165) is 17.9 Å². The third kappa shape index (κ3) is 4.70. The predicted octanol–water partition coefficient (Wildman–Crippen LogP) is 3.20. The molecule has 0 spiro atoms. The minimum Gasteiger partial charge on any atom is -0.482 e. The molecule has 7 heteroatoms. The van der Waals surface area contributed by atoms with Crippen molar-refractivity contribution in [1.82, 2.24) is 10.3 Å². The highest BCUT2D eigenvalue weighted by molar-refractivity contribution is 6.30. The second-order valence-corrected chi connectivity index (χ2v) is 5.83. The number of amides is 1. The summed E-state index contributed by atoms with van der Waals surface area (Å²) in [6.07, 6.45) is 2.77. The van der Waals surface area contributed by atoms with Crippen LogP contribution in [-0.2, 0) is 13.2 Å². The van der Waals surface area contributed by atoms with Gasteiger partial charge in [0, 0.05) is 17.3 Å². The van der Waals surface area contributed by atoms with Gasteiger partial charge in [-0.15, -0.1) is 0 Å². The predicted molar refractivity (Wildman–Crippen MR) is 96.2 cm³/mol. The van der Waals surface area contributed by atoms with Gasteiger partial charge < -0.3 is 14.5 Å². The lowest BCUT2D eigenvalue weighted by Gasteiger charge is -2.07. The number of nitrogens with zero attached hydrogens (tertiary/aromatic N) is 1. The number of carbonyl (C=O) groups is 1. The lowest BCUT2D eigenvalue weighted by molar-refractivity contribution is 0.0919. The zero-order valence-corrected chi connectivity index (χ0v) is 14.4. The van der Waals surface area contributed by atoms with E-state index in [9.17, 15) is 9.59 Å². The maximum absolute atomic E-state index is 12.1. The van der Waals surface area contributed by atoms with Gasteiger partial charge in [-0.1, -0.05) is 29.8 Å². The fourth-order valence-corrected chi connectivity index (χ4v) is 2.25. The van der Waals surface area contributed by atoms with Crippen LogP contribution in [0.2, 0.25) is 5.02 Å². The summed E-state index contributed by atoms with van der Waals surface area (Å²) >= 11 is 5.82. The van der Waals surface area contributed by atoms with E-state index in [0.29, 0.717) is 10.7 Å². The van der Waals surface area contributed by atoms with Gasteiger partial charge in [0.2, 0.25) is 11.2 Å². The van der Waals surface area contributed by atoms with Crippen LogP contribution < -0.4 is 15.5 Å². The Kier molecular flexibility index (Phi) is 5.66. The second kappa shape index (κ2) is 8.31. The molecule has 0 fully saturated rings. The molecule has 0 unspecified atom stereocenters. The molecule has 0 aliphatic rings. The maximum Gasteiger partial charge on any atom is 0.287 e. The van der Waals surface area contributed by atoms with Gasteiger partial charge in [-0.2, -0.15) is 0 Å². The summed E-state index contributed by atoms with van der Waals surface area (Å²) in [5, 5.41) is 3.26. The van der Waals surface area contributed by atoms with E-state index in [4.69, 9.17) is 20.8 Å². The molecule has 0 aliphatic carbocycles. The van der Waals surface area contributed by atoms with Crippen molar-refractivity contribution >= 4 is 17.5 Å². The molecular weight excluding hydrogens is 356 g/mol. The molecule has 26 heavy (non-hydrogen) atoms. The number of ether oxygens (including phenoxy) is 1. The van der Waals surface area contributed by atoms with Crippen molar-refractivity contribution in [2.45, 2.75) is 13.2 Å². The highest BCUT2D eigenvalue weighted by Crippen LogP contribution is 2.12. The van der Waals surface area contributed by atoms with Crippen LogP contribution in [0.25, 0.3) is 0 Å². The Morgan fingerprint density at radius 1 is 1.19 bits per heavy atom.